The average Bonchev–Trinajstić information content (AvgIpc) is 3.11. The van der Waals surface area contributed by atoms with E-state index in [1.54, 1.807) is 36.7 Å². The molecule has 0 bridgehead atoms. The second-order valence-electron chi connectivity index (χ2n) is 6.22. The van der Waals surface area contributed by atoms with Crippen LogP contribution in [0.5, 0.6) is 5.75 Å². The van der Waals surface area contributed by atoms with E-state index in [2.05, 4.69) is 15.3 Å². The van der Waals surface area contributed by atoms with Gasteiger partial charge in [0.15, 0.2) is 0 Å². The normalized spacial score (nSPS) is 10.6. The fraction of sp³-hybridized carbons (Fsp3) is 0.0455. The first-order valence-electron chi connectivity index (χ1n) is 8.69. The number of oxazole rings is 1. The summed E-state index contributed by atoms with van der Waals surface area (Å²) in [6, 6.07) is 18.2. The first kappa shape index (κ1) is 17.5. The zero-order valence-corrected chi connectivity index (χ0v) is 15.1. The lowest BCUT2D eigenvalue weighted by Crippen LogP contribution is -2.05. The van der Waals surface area contributed by atoms with Crippen LogP contribution in [0.1, 0.15) is 6.92 Å². The van der Waals surface area contributed by atoms with E-state index in [9.17, 15) is 9.90 Å². The number of aromatic hydroxyl groups is 1. The Bertz CT molecular complexity index is 1140. The highest BCUT2D eigenvalue weighted by atomic mass is 16.4. The summed E-state index contributed by atoms with van der Waals surface area (Å²) in [5.74, 6) is 0.548. The molecule has 0 unspecified atom stereocenters. The van der Waals surface area contributed by atoms with Crippen molar-refractivity contribution in [3.8, 4) is 39.6 Å². The zero-order chi connectivity index (χ0) is 19.5. The van der Waals surface area contributed by atoms with Crippen molar-refractivity contribution in [3.63, 3.8) is 0 Å². The van der Waals surface area contributed by atoms with E-state index < -0.39 is 0 Å². The summed E-state index contributed by atoms with van der Waals surface area (Å²) in [5, 5.41) is 12.5. The van der Waals surface area contributed by atoms with E-state index >= 15 is 0 Å². The van der Waals surface area contributed by atoms with Gasteiger partial charge in [0.25, 0.3) is 0 Å². The van der Waals surface area contributed by atoms with Gasteiger partial charge in [-0.3, -0.25) is 15.1 Å². The summed E-state index contributed by atoms with van der Waals surface area (Å²) in [7, 11) is 0. The maximum absolute atomic E-state index is 11.6. The van der Waals surface area contributed by atoms with Crippen molar-refractivity contribution < 1.29 is 14.3 Å². The van der Waals surface area contributed by atoms with E-state index in [0.717, 1.165) is 22.3 Å². The Labute approximate surface area is 161 Å². The number of carbonyl (C=O) groups excluding carboxylic acids is 1. The largest absolute Gasteiger partial charge is 0.508 e. The molecule has 2 aromatic heterocycles. The number of phenols is 1. The highest BCUT2D eigenvalue weighted by Crippen LogP contribution is 2.37. The van der Waals surface area contributed by atoms with Crippen LogP contribution in [0.25, 0.3) is 33.8 Å². The van der Waals surface area contributed by atoms with Crippen molar-refractivity contribution in [3.05, 3.63) is 73.1 Å². The number of carbonyl (C=O) groups is 1. The number of anilines is 1. The Balaban J connectivity index is 1.87. The second-order valence-corrected chi connectivity index (χ2v) is 6.22. The van der Waals surface area contributed by atoms with Crippen molar-refractivity contribution in [1.29, 1.82) is 0 Å². The molecule has 0 aliphatic rings. The standard InChI is InChI=1S/C22H17N3O3/c1-14(26)24-22-20(16-7-5-11-23-13-16)25-21(28-22)19-10-3-2-9-18(19)15-6-4-8-17(27)12-15/h2-13,27H,1H3,(H,24,26). The fourth-order valence-corrected chi connectivity index (χ4v) is 2.97. The predicted molar refractivity (Wildman–Crippen MR) is 107 cm³/mol. The summed E-state index contributed by atoms with van der Waals surface area (Å²) in [6.07, 6.45) is 3.33. The number of phenolic OH excluding ortho intramolecular Hbond substituents is 1. The minimum atomic E-state index is -0.255. The topological polar surface area (TPSA) is 88.2 Å². The minimum Gasteiger partial charge on any atom is -0.508 e. The minimum absolute atomic E-state index is 0.176. The molecule has 2 N–H and O–H groups in total. The van der Waals surface area contributed by atoms with Gasteiger partial charge in [0.1, 0.15) is 11.4 Å². The van der Waals surface area contributed by atoms with Crippen LogP contribution in [0.2, 0.25) is 0 Å². The van der Waals surface area contributed by atoms with Crippen molar-refractivity contribution in [2.45, 2.75) is 6.92 Å². The quantitative estimate of drug-likeness (QED) is 0.541. The number of pyridine rings is 1. The number of benzene rings is 2. The Morgan fingerprint density at radius 1 is 1.00 bits per heavy atom. The van der Waals surface area contributed by atoms with Crippen LogP contribution < -0.4 is 5.32 Å². The van der Waals surface area contributed by atoms with E-state index in [1.807, 2.05) is 36.4 Å². The lowest BCUT2D eigenvalue weighted by Gasteiger charge is -2.07. The fourth-order valence-electron chi connectivity index (χ4n) is 2.97. The third kappa shape index (κ3) is 3.48. The summed E-state index contributed by atoms with van der Waals surface area (Å²) < 4.78 is 5.93. The Hall–Kier alpha value is -3.93. The molecule has 0 aliphatic heterocycles. The van der Waals surface area contributed by atoms with Gasteiger partial charge in [-0.25, -0.2) is 4.98 Å². The summed E-state index contributed by atoms with van der Waals surface area (Å²) in [4.78, 5) is 20.4. The lowest BCUT2D eigenvalue weighted by molar-refractivity contribution is -0.114. The van der Waals surface area contributed by atoms with Gasteiger partial charge >= 0.3 is 0 Å². The van der Waals surface area contributed by atoms with Crippen LogP contribution in [0, 0.1) is 0 Å². The van der Waals surface area contributed by atoms with Gasteiger partial charge in [0, 0.05) is 30.4 Å². The first-order valence-corrected chi connectivity index (χ1v) is 8.69. The van der Waals surface area contributed by atoms with Crippen LogP contribution in [0.4, 0.5) is 5.88 Å². The number of nitrogens with zero attached hydrogens (tertiary/aromatic N) is 2. The molecule has 138 valence electrons. The van der Waals surface area contributed by atoms with Gasteiger partial charge in [-0.2, -0.15) is 0 Å². The molecule has 6 nitrogen and oxygen atoms in total. The summed E-state index contributed by atoms with van der Waals surface area (Å²) in [6.45, 7) is 1.41. The van der Waals surface area contributed by atoms with Crippen molar-refractivity contribution >= 4 is 11.8 Å². The van der Waals surface area contributed by atoms with E-state index in [4.69, 9.17) is 4.42 Å². The van der Waals surface area contributed by atoms with Crippen LogP contribution >= 0.6 is 0 Å². The Morgan fingerprint density at radius 2 is 1.79 bits per heavy atom. The molecule has 0 saturated heterocycles. The molecule has 0 radical (unpaired) electrons. The molecule has 4 aromatic rings. The zero-order valence-electron chi connectivity index (χ0n) is 15.1. The molecule has 0 fully saturated rings. The maximum Gasteiger partial charge on any atom is 0.229 e. The number of amides is 1. The molecule has 4 rings (SSSR count). The molecular weight excluding hydrogens is 354 g/mol. The highest BCUT2D eigenvalue weighted by Gasteiger charge is 2.19. The van der Waals surface area contributed by atoms with E-state index in [0.29, 0.717) is 11.6 Å². The number of hydrogen-bond donors (Lipinski definition) is 2. The van der Waals surface area contributed by atoms with Crippen molar-refractivity contribution in [2.75, 3.05) is 5.32 Å². The maximum atomic E-state index is 11.6. The third-order valence-electron chi connectivity index (χ3n) is 4.17. The number of rotatable bonds is 4. The van der Waals surface area contributed by atoms with Gasteiger partial charge in [-0.1, -0.05) is 30.3 Å². The molecule has 1 amide bonds. The van der Waals surface area contributed by atoms with E-state index in [-0.39, 0.29) is 17.5 Å². The summed E-state index contributed by atoms with van der Waals surface area (Å²) >= 11 is 0. The molecule has 2 aromatic carbocycles. The molecule has 0 aliphatic carbocycles. The van der Waals surface area contributed by atoms with Gasteiger partial charge in [-0.05, 0) is 41.5 Å². The Morgan fingerprint density at radius 3 is 2.50 bits per heavy atom. The molecule has 0 saturated carbocycles. The Kier molecular flexibility index (Phi) is 4.60. The van der Waals surface area contributed by atoms with Gasteiger partial charge in [0.05, 0.1) is 0 Å². The van der Waals surface area contributed by atoms with Crippen molar-refractivity contribution in [2.24, 2.45) is 0 Å². The number of nitrogens with one attached hydrogen (secondary N) is 1. The molecule has 6 heteroatoms. The predicted octanol–water partition coefficient (Wildman–Crippen LogP) is 4.73. The highest BCUT2D eigenvalue weighted by molar-refractivity contribution is 5.92. The van der Waals surface area contributed by atoms with Crippen LogP contribution in [-0.2, 0) is 4.79 Å². The van der Waals surface area contributed by atoms with Crippen molar-refractivity contribution in [1.82, 2.24) is 9.97 Å². The number of hydrogen-bond acceptors (Lipinski definition) is 5. The van der Waals surface area contributed by atoms with Gasteiger partial charge < -0.3 is 9.52 Å². The van der Waals surface area contributed by atoms with Gasteiger partial charge in [-0.15, -0.1) is 0 Å². The molecule has 0 spiro atoms. The van der Waals surface area contributed by atoms with Crippen LogP contribution in [0.15, 0.2) is 77.5 Å². The summed E-state index contributed by atoms with van der Waals surface area (Å²) in [5.41, 5.74) is 3.67. The molecule has 2 heterocycles. The lowest BCUT2D eigenvalue weighted by atomic mass is 9.99. The molecular formula is C22H17N3O3. The smallest absolute Gasteiger partial charge is 0.229 e. The van der Waals surface area contributed by atoms with Gasteiger partial charge in [0.2, 0.25) is 17.7 Å². The molecule has 28 heavy (non-hydrogen) atoms. The third-order valence-corrected chi connectivity index (χ3v) is 4.17. The van der Waals surface area contributed by atoms with Crippen LogP contribution in [0.3, 0.4) is 0 Å². The average molecular weight is 371 g/mol. The SMILES string of the molecule is CC(=O)Nc1oc(-c2ccccc2-c2cccc(O)c2)nc1-c1cccnc1. The monoisotopic (exact) mass is 371 g/mol. The van der Waals surface area contributed by atoms with Crippen LogP contribution in [-0.4, -0.2) is 21.0 Å². The molecule has 0 atom stereocenters. The second kappa shape index (κ2) is 7.36. The number of aromatic nitrogens is 2. The first-order chi connectivity index (χ1) is 13.6. The van der Waals surface area contributed by atoms with E-state index in [1.165, 1.54) is 6.92 Å².